The second-order valence-corrected chi connectivity index (χ2v) is 1.38. The van der Waals surface area contributed by atoms with Crippen LogP contribution in [0.1, 0.15) is 0 Å². The van der Waals surface area contributed by atoms with Crippen LogP contribution in [0.4, 0.5) is 0 Å². The largest absolute Gasteiger partial charge is 0.382 e. The quantitative estimate of drug-likeness (QED) is 0.282. The number of nitrogens with two attached hydrogens (primary N) is 2. The van der Waals surface area contributed by atoms with Gasteiger partial charge in [0.25, 0.3) is 0 Å². The van der Waals surface area contributed by atoms with Crippen LogP contribution in [0.25, 0.3) is 0 Å². The van der Waals surface area contributed by atoms with Crippen LogP contribution in [0, 0.1) is 0 Å². The molecule has 4 nitrogen and oxygen atoms in total. The van der Waals surface area contributed by atoms with Crippen LogP contribution in [0.3, 0.4) is 0 Å². The number of nitrogens with zero attached hydrogens (tertiary/aromatic N) is 2. The van der Waals surface area contributed by atoms with E-state index in [4.69, 9.17) is 11.6 Å². The monoisotopic (exact) mass is 114 g/mol. The lowest BCUT2D eigenvalue weighted by Gasteiger charge is -2.02. The summed E-state index contributed by atoms with van der Waals surface area (Å²) >= 11 is 0. The third-order valence-corrected chi connectivity index (χ3v) is 0.518. The minimum atomic E-state index is 0.315. The molecule has 4 N–H and O–H groups in total. The van der Waals surface area contributed by atoms with Gasteiger partial charge < -0.3 is 10.7 Å². The fourth-order valence-electron chi connectivity index (χ4n) is 0.249. The molecular weight excluding hydrogens is 104 g/mol. The standard InChI is InChI=1S/C4H10N4/c1-7-4(5)3-8(2)6/h3H,1,5-6H2,2H3/b4-3-. The number of rotatable bonds is 2. The van der Waals surface area contributed by atoms with Gasteiger partial charge in [0, 0.05) is 7.05 Å². The van der Waals surface area contributed by atoms with Crippen LogP contribution in [0.2, 0.25) is 0 Å². The maximum absolute atomic E-state index is 5.18. The SMILES string of the molecule is C=N/C(N)=C\N(C)N. The third kappa shape index (κ3) is 3.17. The highest BCUT2D eigenvalue weighted by Crippen LogP contribution is 1.81. The molecule has 0 saturated carbocycles. The van der Waals surface area contributed by atoms with Crippen molar-refractivity contribution >= 4 is 6.72 Å². The summed E-state index contributed by atoms with van der Waals surface area (Å²) in [6, 6.07) is 0. The maximum atomic E-state index is 5.18. The van der Waals surface area contributed by atoms with Gasteiger partial charge in [-0.3, -0.25) is 0 Å². The molecule has 0 aliphatic heterocycles. The van der Waals surface area contributed by atoms with E-state index >= 15 is 0 Å². The van der Waals surface area contributed by atoms with E-state index in [-0.39, 0.29) is 0 Å². The predicted molar refractivity (Wildman–Crippen MR) is 33.8 cm³/mol. The van der Waals surface area contributed by atoms with E-state index in [0.29, 0.717) is 5.82 Å². The van der Waals surface area contributed by atoms with Gasteiger partial charge in [0.2, 0.25) is 0 Å². The molecule has 0 aromatic rings. The van der Waals surface area contributed by atoms with Crippen molar-refractivity contribution in [3.63, 3.8) is 0 Å². The van der Waals surface area contributed by atoms with Gasteiger partial charge in [-0.25, -0.2) is 10.8 Å². The summed E-state index contributed by atoms with van der Waals surface area (Å²) in [4.78, 5) is 3.40. The van der Waals surface area contributed by atoms with Gasteiger partial charge in [0.05, 0.1) is 6.20 Å². The van der Waals surface area contributed by atoms with Gasteiger partial charge in [-0.2, -0.15) is 0 Å². The smallest absolute Gasteiger partial charge is 0.140 e. The van der Waals surface area contributed by atoms with Crippen LogP contribution < -0.4 is 11.6 Å². The van der Waals surface area contributed by atoms with E-state index in [0.717, 1.165) is 0 Å². The fourth-order valence-corrected chi connectivity index (χ4v) is 0.249. The number of aliphatic imine (C=N–C) groups is 1. The Morgan fingerprint density at radius 3 is 2.50 bits per heavy atom. The van der Waals surface area contributed by atoms with E-state index < -0.39 is 0 Å². The Kier molecular flexibility index (Phi) is 2.64. The zero-order valence-corrected chi connectivity index (χ0v) is 4.83. The van der Waals surface area contributed by atoms with E-state index in [2.05, 4.69) is 11.7 Å². The summed E-state index contributed by atoms with van der Waals surface area (Å²) in [5, 5.41) is 1.31. The molecule has 0 aromatic heterocycles. The molecule has 0 aromatic carbocycles. The van der Waals surface area contributed by atoms with Crippen LogP contribution in [-0.4, -0.2) is 18.8 Å². The average Bonchev–Trinajstić information content (AvgIpc) is 1.65. The molecule has 0 heterocycles. The Bertz CT molecular complexity index is 105. The summed E-state index contributed by atoms with van der Waals surface area (Å²) < 4.78 is 0. The molecule has 0 bridgehead atoms. The maximum Gasteiger partial charge on any atom is 0.140 e. The number of hydrogen-bond donors (Lipinski definition) is 2. The summed E-state index contributed by atoms with van der Waals surface area (Å²) in [7, 11) is 1.65. The highest BCUT2D eigenvalue weighted by molar-refractivity contribution is 5.27. The first-order valence-corrected chi connectivity index (χ1v) is 2.08. The zero-order valence-electron chi connectivity index (χ0n) is 4.83. The van der Waals surface area contributed by atoms with Gasteiger partial charge in [-0.15, -0.1) is 0 Å². The average molecular weight is 114 g/mol. The Balaban J connectivity index is 3.74. The van der Waals surface area contributed by atoms with Crippen LogP contribution in [-0.2, 0) is 0 Å². The summed E-state index contributed by atoms with van der Waals surface area (Å²) in [5.41, 5.74) is 5.18. The van der Waals surface area contributed by atoms with Crippen molar-refractivity contribution in [3.05, 3.63) is 12.0 Å². The van der Waals surface area contributed by atoms with Crippen molar-refractivity contribution in [3.8, 4) is 0 Å². The minimum absolute atomic E-state index is 0.315. The molecule has 0 atom stereocenters. The third-order valence-electron chi connectivity index (χ3n) is 0.518. The van der Waals surface area contributed by atoms with Crippen molar-refractivity contribution in [1.82, 2.24) is 5.01 Å². The highest BCUT2D eigenvalue weighted by Gasteiger charge is 1.80. The number of hydrogen-bond acceptors (Lipinski definition) is 4. The molecule has 46 valence electrons. The van der Waals surface area contributed by atoms with Crippen molar-refractivity contribution < 1.29 is 0 Å². The Morgan fingerprint density at radius 1 is 1.88 bits per heavy atom. The van der Waals surface area contributed by atoms with Gasteiger partial charge in [0.1, 0.15) is 5.82 Å². The molecule has 0 saturated heterocycles. The lowest BCUT2D eigenvalue weighted by molar-refractivity contribution is 0.479. The molecule has 0 radical (unpaired) electrons. The summed E-state index contributed by atoms with van der Waals surface area (Å²) in [6.45, 7) is 3.19. The summed E-state index contributed by atoms with van der Waals surface area (Å²) in [5.74, 6) is 5.47. The Labute approximate surface area is 48.4 Å². The lowest BCUT2D eigenvalue weighted by Crippen LogP contribution is -2.20. The summed E-state index contributed by atoms with van der Waals surface area (Å²) in [6.07, 6.45) is 1.47. The lowest BCUT2D eigenvalue weighted by atomic mass is 10.7. The van der Waals surface area contributed by atoms with Crippen molar-refractivity contribution in [2.24, 2.45) is 16.6 Å². The Hall–Kier alpha value is -1.03. The van der Waals surface area contributed by atoms with E-state index in [9.17, 15) is 0 Å². The zero-order chi connectivity index (χ0) is 6.57. The molecule has 0 aliphatic rings. The molecule has 0 amide bonds. The van der Waals surface area contributed by atoms with Crippen molar-refractivity contribution in [2.75, 3.05) is 7.05 Å². The molecule has 0 unspecified atom stereocenters. The van der Waals surface area contributed by atoms with Gasteiger partial charge >= 0.3 is 0 Å². The first-order chi connectivity index (χ1) is 3.66. The first kappa shape index (κ1) is 6.97. The van der Waals surface area contributed by atoms with E-state index in [1.165, 1.54) is 11.2 Å². The van der Waals surface area contributed by atoms with Gasteiger partial charge in [-0.05, 0) is 6.72 Å². The number of hydrazine groups is 1. The molecule has 0 rings (SSSR count). The second kappa shape index (κ2) is 3.04. The van der Waals surface area contributed by atoms with Crippen molar-refractivity contribution in [2.45, 2.75) is 0 Å². The van der Waals surface area contributed by atoms with Crippen LogP contribution in [0.5, 0.6) is 0 Å². The molecular formula is C4H10N4. The topological polar surface area (TPSA) is 67.6 Å². The Morgan fingerprint density at radius 2 is 2.38 bits per heavy atom. The van der Waals surface area contributed by atoms with E-state index in [1.807, 2.05) is 0 Å². The van der Waals surface area contributed by atoms with Crippen LogP contribution in [0.15, 0.2) is 17.0 Å². The molecule has 0 aliphatic carbocycles. The van der Waals surface area contributed by atoms with Gasteiger partial charge in [-0.1, -0.05) is 0 Å². The second-order valence-electron chi connectivity index (χ2n) is 1.38. The first-order valence-electron chi connectivity index (χ1n) is 2.08. The van der Waals surface area contributed by atoms with Crippen molar-refractivity contribution in [1.29, 1.82) is 0 Å². The molecule has 8 heavy (non-hydrogen) atoms. The molecule has 0 fully saturated rings. The predicted octanol–water partition coefficient (Wildman–Crippen LogP) is -0.750. The minimum Gasteiger partial charge on any atom is -0.382 e. The highest BCUT2D eigenvalue weighted by atomic mass is 15.4. The normalized spacial score (nSPS) is 11.0. The molecule has 0 spiro atoms. The molecule has 4 heteroatoms. The van der Waals surface area contributed by atoms with Crippen LogP contribution >= 0.6 is 0 Å². The van der Waals surface area contributed by atoms with Gasteiger partial charge in [0.15, 0.2) is 0 Å². The van der Waals surface area contributed by atoms with E-state index in [1.54, 1.807) is 7.05 Å². The fraction of sp³-hybridized carbons (Fsp3) is 0.250.